The molecule has 0 spiro atoms. The Hall–Kier alpha value is -2.90. The minimum absolute atomic E-state index is 0.101. The summed E-state index contributed by atoms with van der Waals surface area (Å²) in [5.41, 5.74) is 1.04. The molecule has 0 amide bonds. The maximum Gasteiger partial charge on any atom is 0.323 e. The van der Waals surface area contributed by atoms with Crippen LogP contribution in [0.4, 0.5) is 11.9 Å². The molecule has 2 aromatic heterocycles. The fourth-order valence-electron chi connectivity index (χ4n) is 2.16. The van der Waals surface area contributed by atoms with Gasteiger partial charge >= 0.3 is 6.01 Å². The number of anilines is 2. The summed E-state index contributed by atoms with van der Waals surface area (Å²) in [7, 11) is 0. The maximum absolute atomic E-state index is 5.42. The Morgan fingerprint density at radius 1 is 1.25 bits per heavy atom. The molecular weight excluding hydrogens is 308 g/mol. The normalized spacial score (nSPS) is 15.8. The molecule has 2 N–H and O–H groups in total. The van der Waals surface area contributed by atoms with E-state index in [1.54, 1.807) is 18.7 Å². The number of hydrogen-bond acceptors (Lipinski definition) is 8. The third-order valence-electron chi connectivity index (χ3n) is 3.32. The van der Waals surface area contributed by atoms with E-state index in [-0.39, 0.29) is 12.1 Å². The van der Waals surface area contributed by atoms with Crippen molar-refractivity contribution in [3.8, 4) is 6.01 Å². The lowest BCUT2D eigenvalue weighted by atomic mass is 10.3. The van der Waals surface area contributed by atoms with Crippen LogP contribution in [-0.4, -0.2) is 39.2 Å². The van der Waals surface area contributed by atoms with Crippen LogP contribution in [-0.2, 0) is 11.3 Å². The molecule has 2 aromatic rings. The quantitative estimate of drug-likeness (QED) is 0.760. The van der Waals surface area contributed by atoms with E-state index in [0.717, 1.165) is 12.0 Å². The Labute approximate surface area is 140 Å². The Balaban J connectivity index is 1.65. The van der Waals surface area contributed by atoms with Crippen molar-refractivity contribution in [1.82, 2.24) is 19.9 Å². The summed E-state index contributed by atoms with van der Waals surface area (Å²) in [6.45, 7) is 3.56. The first-order valence-electron chi connectivity index (χ1n) is 7.89. The van der Waals surface area contributed by atoms with Gasteiger partial charge in [0.05, 0.1) is 19.4 Å². The molecule has 0 aliphatic carbocycles. The van der Waals surface area contributed by atoms with E-state index in [1.807, 2.05) is 25.1 Å². The minimum atomic E-state index is 0.101. The Morgan fingerprint density at radius 3 is 2.83 bits per heavy atom. The third-order valence-corrected chi connectivity index (χ3v) is 3.32. The second-order valence-corrected chi connectivity index (χ2v) is 5.16. The lowest BCUT2D eigenvalue weighted by Gasteiger charge is -2.13. The topological polar surface area (TPSA) is 94.1 Å². The molecule has 1 aliphatic heterocycles. The van der Waals surface area contributed by atoms with Crippen LogP contribution in [0.5, 0.6) is 6.01 Å². The molecular formula is C16H20N6O2. The minimum Gasteiger partial charge on any atom is -0.496 e. The third kappa shape index (κ3) is 4.55. The molecule has 1 unspecified atom stereocenters. The number of rotatable bonds is 8. The molecule has 24 heavy (non-hydrogen) atoms. The molecule has 0 saturated heterocycles. The molecule has 1 aliphatic rings. The Morgan fingerprint density at radius 2 is 2.12 bits per heavy atom. The first kappa shape index (κ1) is 16.0. The monoisotopic (exact) mass is 328 g/mol. The molecule has 126 valence electrons. The zero-order chi connectivity index (χ0) is 16.6. The molecule has 0 aromatic carbocycles. The first-order chi connectivity index (χ1) is 11.8. The molecule has 0 radical (unpaired) electrons. The van der Waals surface area contributed by atoms with Crippen molar-refractivity contribution < 1.29 is 9.47 Å². The van der Waals surface area contributed by atoms with Crippen LogP contribution in [0.15, 0.2) is 36.9 Å². The predicted octanol–water partition coefficient (Wildman–Crippen LogP) is 1.99. The van der Waals surface area contributed by atoms with Crippen molar-refractivity contribution in [1.29, 1.82) is 0 Å². The largest absolute Gasteiger partial charge is 0.496 e. The van der Waals surface area contributed by atoms with Crippen LogP contribution < -0.4 is 15.4 Å². The standard InChI is InChI=1S/C16H20N6O2/c1-2-23-16-21-14(18-10-12-5-3-7-17-9-12)20-15(22-16)19-11-13-6-4-8-24-13/h3-5,7-9,13H,2,6,10-11H2,1H3,(H2,18,19,20,21,22). The van der Waals surface area contributed by atoms with E-state index in [4.69, 9.17) is 9.47 Å². The first-order valence-corrected chi connectivity index (χ1v) is 7.89. The highest BCUT2D eigenvalue weighted by molar-refractivity contribution is 5.36. The summed E-state index contributed by atoms with van der Waals surface area (Å²) in [5, 5.41) is 6.33. The van der Waals surface area contributed by atoms with Gasteiger partial charge in [-0.3, -0.25) is 4.98 Å². The highest BCUT2D eigenvalue weighted by Gasteiger charge is 2.13. The molecule has 3 rings (SSSR count). The highest BCUT2D eigenvalue weighted by Crippen LogP contribution is 2.14. The van der Waals surface area contributed by atoms with Crippen LogP contribution in [0.25, 0.3) is 0 Å². The summed E-state index contributed by atoms with van der Waals surface area (Å²) >= 11 is 0. The van der Waals surface area contributed by atoms with Crippen molar-refractivity contribution in [2.45, 2.75) is 26.0 Å². The van der Waals surface area contributed by atoms with E-state index < -0.39 is 0 Å². The average Bonchev–Trinajstić information content (AvgIpc) is 3.13. The number of ether oxygens (including phenoxy) is 2. The van der Waals surface area contributed by atoms with Gasteiger partial charge < -0.3 is 20.1 Å². The molecule has 1 atom stereocenters. The fourth-order valence-corrected chi connectivity index (χ4v) is 2.16. The molecule has 0 saturated carbocycles. The Kier molecular flexibility index (Phi) is 5.39. The average molecular weight is 328 g/mol. The van der Waals surface area contributed by atoms with E-state index in [9.17, 15) is 0 Å². The Bertz CT molecular complexity index is 672. The van der Waals surface area contributed by atoms with Crippen molar-refractivity contribution in [2.75, 3.05) is 23.8 Å². The van der Waals surface area contributed by atoms with Gasteiger partial charge in [-0.05, 0) is 24.6 Å². The SMILES string of the molecule is CCOc1nc(NCc2cccnc2)nc(NCC2CC=CO2)n1. The van der Waals surface area contributed by atoms with Gasteiger partial charge in [0.25, 0.3) is 0 Å². The number of pyridine rings is 1. The highest BCUT2D eigenvalue weighted by atomic mass is 16.5. The maximum atomic E-state index is 5.42. The van der Waals surface area contributed by atoms with E-state index >= 15 is 0 Å². The number of nitrogens with one attached hydrogen (secondary N) is 2. The molecule has 3 heterocycles. The van der Waals surface area contributed by atoms with Crippen LogP contribution in [0.2, 0.25) is 0 Å². The second kappa shape index (κ2) is 8.09. The molecule has 8 nitrogen and oxygen atoms in total. The number of hydrogen-bond donors (Lipinski definition) is 2. The van der Waals surface area contributed by atoms with Gasteiger partial charge in [-0.25, -0.2) is 0 Å². The van der Waals surface area contributed by atoms with E-state index in [0.29, 0.717) is 31.6 Å². The van der Waals surface area contributed by atoms with Gasteiger partial charge in [0.1, 0.15) is 6.10 Å². The van der Waals surface area contributed by atoms with Crippen LogP contribution in [0.3, 0.4) is 0 Å². The number of nitrogens with zero attached hydrogens (tertiary/aromatic N) is 4. The van der Waals surface area contributed by atoms with Crippen LogP contribution in [0.1, 0.15) is 18.9 Å². The zero-order valence-electron chi connectivity index (χ0n) is 13.5. The van der Waals surface area contributed by atoms with Gasteiger partial charge in [0.2, 0.25) is 11.9 Å². The summed E-state index contributed by atoms with van der Waals surface area (Å²) in [5.74, 6) is 0.905. The lowest BCUT2D eigenvalue weighted by molar-refractivity contribution is 0.182. The number of aromatic nitrogens is 4. The van der Waals surface area contributed by atoms with Gasteiger partial charge in [0.15, 0.2) is 0 Å². The second-order valence-electron chi connectivity index (χ2n) is 5.16. The summed E-state index contributed by atoms with van der Waals surface area (Å²) in [6, 6.07) is 4.15. The van der Waals surface area contributed by atoms with Crippen LogP contribution >= 0.6 is 0 Å². The lowest BCUT2D eigenvalue weighted by Crippen LogP contribution is -2.20. The van der Waals surface area contributed by atoms with Gasteiger partial charge in [0, 0.05) is 25.4 Å². The van der Waals surface area contributed by atoms with Crippen molar-refractivity contribution in [3.05, 3.63) is 42.4 Å². The van der Waals surface area contributed by atoms with Crippen LogP contribution in [0, 0.1) is 0 Å². The van der Waals surface area contributed by atoms with Crippen molar-refractivity contribution in [3.63, 3.8) is 0 Å². The molecule has 8 heteroatoms. The summed E-state index contributed by atoms with van der Waals surface area (Å²) < 4.78 is 10.8. The van der Waals surface area contributed by atoms with E-state index in [2.05, 4.69) is 30.6 Å². The van der Waals surface area contributed by atoms with Gasteiger partial charge in [-0.15, -0.1) is 0 Å². The van der Waals surface area contributed by atoms with Gasteiger partial charge in [-0.2, -0.15) is 15.0 Å². The fraction of sp³-hybridized carbons (Fsp3) is 0.375. The summed E-state index contributed by atoms with van der Waals surface area (Å²) in [6.07, 6.45) is 8.22. The van der Waals surface area contributed by atoms with Gasteiger partial charge in [-0.1, -0.05) is 6.07 Å². The zero-order valence-corrected chi connectivity index (χ0v) is 13.5. The van der Waals surface area contributed by atoms with Crippen molar-refractivity contribution >= 4 is 11.9 Å². The smallest absolute Gasteiger partial charge is 0.323 e. The summed E-state index contributed by atoms with van der Waals surface area (Å²) in [4.78, 5) is 17.0. The van der Waals surface area contributed by atoms with E-state index in [1.165, 1.54) is 0 Å². The molecule has 0 fully saturated rings. The van der Waals surface area contributed by atoms with Crippen molar-refractivity contribution in [2.24, 2.45) is 0 Å². The molecule has 0 bridgehead atoms. The predicted molar refractivity (Wildman–Crippen MR) is 89.7 cm³/mol.